The molecule has 0 aromatic carbocycles. The van der Waals surface area contributed by atoms with Crippen LogP contribution in [0.25, 0.3) is 22.1 Å². The largest absolute Gasteiger partial charge is 0.495 e. The summed E-state index contributed by atoms with van der Waals surface area (Å²) >= 11 is 0. The molecule has 0 bridgehead atoms. The van der Waals surface area contributed by atoms with Crippen LogP contribution in [0.4, 0.5) is 23.3 Å². The number of aliphatic hydroxyl groups excluding tert-OH is 6. The first-order valence-corrected chi connectivity index (χ1v) is 53.0. The van der Waals surface area contributed by atoms with Crippen molar-refractivity contribution in [2.24, 2.45) is 23.7 Å². The van der Waals surface area contributed by atoms with E-state index in [1.54, 1.807) is 6.92 Å². The average molecular weight is 1990 g/mol. The number of nitrogens with zero attached hydrogens (tertiary/aromatic N) is 12. The fourth-order valence-electron chi connectivity index (χ4n) is 20.2. The van der Waals surface area contributed by atoms with Gasteiger partial charge in [0.25, 0.3) is 0 Å². The third kappa shape index (κ3) is 37.9. The third-order valence-electron chi connectivity index (χ3n) is 27.6. The highest BCUT2D eigenvalue weighted by Crippen LogP contribution is 2.49. The molecule has 6 aliphatic heterocycles. The van der Waals surface area contributed by atoms with E-state index in [1.165, 1.54) is 54.4 Å². The molecule has 792 valence electrons. The van der Waals surface area contributed by atoms with E-state index < -0.39 is 18.2 Å². The van der Waals surface area contributed by atoms with E-state index in [4.69, 9.17) is 87.6 Å². The van der Waals surface area contributed by atoms with Crippen molar-refractivity contribution in [2.45, 2.75) is 367 Å². The number of unbranched alkanes of at least 4 members (excludes halogenated alkanes) is 6. The molecular weight excluding hydrogens is 1830 g/mol. The van der Waals surface area contributed by atoms with Crippen LogP contribution >= 0.6 is 0 Å². The van der Waals surface area contributed by atoms with E-state index >= 15 is 0 Å². The predicted molar refractivity (Wildman–Crippen MR) is 537 cm³/mol. The minimum Gasteiger partial charge on any atom is -0.495 e. The summed E-state index contributed by atoms with van der Waals surface area (Å²) in [4.78, 5) is 141. The van der Waals surface area contributed by atoms with Crippen molar-refractivity contribution in [2.75, 3.05) is 131 Å². The molecule has 0 spiro atoms. The van der Waals surface area contributed by atoms with Gasteiger partial charge in [-0.3, -0.25) is 38.4 Å². The molecule has 7 N–H and O–H groups in total. The normalized spacial score (nSPS) is 21.0. The first-order chi connectivity index (χ1) is 68.7. The van der Waals surface area contributed by atoms with Crippen molar-refractivity contribution >= 4 is 93.1 Å². The Labute approximate surface area is 838 Å². The lowest BCUT2D eigenvalue weighted by atomic mass is 9.90. The van der Waals surface area contributed by atoms with Gasteiger partial charge in [0.2, 0.25) is 0 Å². The van der Waals surface area contributed by atoms with Gasteiger partial charge >= 0.3 is 47.8 Å². The number of aliphatic hydroxyl groups is 6. The van der Waals surface area contributed by atoms with Crippen LogP contribution < -0.4 is 19.6 Å². The molecule has 4 aromatic rings. The average Bonchev–Trinajstić information content (AvgIpc) is 1.34. The zero-order valence-corrected chi connectivity index (χ0v) is 85.9. The van der Waals surface area contributed by atoms with E-state index in [2.05, 4.69) is 45.6 Å². The number of esters is 7. The molecule has 0 amide bonds. The van der Waals surface area contributed by atoms with Gasteiger partial charge < -0.3 is 98.0 Å². The number of carboxylic acids is 1. The van der Waals surface area contributed by atoms with Crippen LogP contribution in [0, 0.1) is 23.7 Å². The van der Waals surface area contributed by atoms with Gasteiger partial charge in [0.1, 0.15) is 69.8 Å². The van der Waals surface area contributed by atoms with E-state index in [-0.39, 0.29) is 173 Å². The number of aromatic nitrogens is 8. The Morgan fingerprint density at radius 1 is 0.401 bits per heavy atom. The standard InChI is InChI=1S/C34H50N6O8.C26H42N6O4.C26H40O7.C20H32O5/c1-23(41)45-19-11-27(12-20-46-24(2)42)31-35-29-30(33(37-31)39-15-7-5-8-16-39)36-32(38-34(29)40-17-9-6-10-18-40)28(13-21-47-25(3)43)14-22-48-26(4)44;33-15-7-19(8-16-34)23-28-22-21(25(29-23)31-11-3-1-4-12-31)27-24(20(9-17-35)10-18-36)30-26(22)32-13-5-2-6-14-32;1-5-7-8-11-20(31-18(3)27)14-15-22-23-16-21(12-9-10-13-26(29)30-6-2)33-25(23)17-24(22)32-19(4)28;1-2-3-4-7-14(21)10-11-16-17-12-15(8-5-6-9-20(23)24)25-19(17)13-18(16)22/h27-28H,5-22H2,1-4H3;19-20,33-36H,1-18H2;12,14-15,20,22-25H,5-11,13,16-17H2,1-4H3;8,10-11,14,16-19,21-22H,2-7,9,12-13H2,1H3,(H,23,24)/b;;15-14+,21-12-;11-10+,15-8-. The molecule has 0 radical (unpaired) electrons. The summed E-state index contributed by atoms with van der Waals surface area (Å²) < 4.78 is 49.4. The van der Waals surface area contributed by atoms with Crippen molar-refractivity contribution in [3.63, 3.8) is 0 Å². The van der Waals surface area contributed by atoms with Gasteiger partial charge in [-0.1, -0.05) is 64.2 Å². The quantitative estimate of drug-likeness (QED) is 0.00934. The van der Waals surface area contributed by atoms with Gasteiger partial charge in [0.15, 0.2) is 23.3 Å². The lowest BCUT2D eigenvalue weighted by Crippen LogP contribution is -2.33. The van der Waals surface area contributed by atoms with Crippen molar-refractivity contribution in [3.8, 4) is 0 Å². The first kappa shape index (κ1) is 116. The van der Waals surface area contributed by atoms with Gasteiger partial charge in [0.05, 0.1) is 56.8 Å². The third-order valence-corrected chi connectivity index (χ3v) is 27.6. The van der Waals surface area contributed by atoms with Crippen molar-refractivity contribution < 1.29 is 117 Å². The molecular formula is C106H164N12O24. The van der Waals surface area contributed by atoms with Crippen LogP contribution in [0.1, 0.15) is 353 Å². The number of carbonyl (C=O) groups excluding carboxylic acids is 7. The van der Waals surface area contributed by atoms with Crippen molar-refractivity contribution in [3.05, 3.63) is 71.3 Å². The number of piperidine rings is 4. The highest BCUT2D eigenvalue weighted by molar-refractivity contribution is 5.95. The zero-order valence-electron chi connectivity index (χ0n) is 85.9. The summed E-state index contributed by atoms with van der Waals surface area (Å²) in [5.74, 6) is 3.95. The van der Waals surface area contributed by atoms with Crippen LogP contribution in [-0.4, -0.2) is 272 Å². The highest BCUT2D eigenvalue weighted by atomic mass is 16.6. The molecule has 2 saturated carbocycles. The van der Waals surface area contributed by atoms with Gasteiger partial charge in [-0.05, 0) is 199 Å². The van der Waals surface area contributed by atoms with Crippen LogP contribution in [0.5, 0.6) is 0 Å². The number of rotatable bonds is 51. The topological polar surface area (TPSA) is 477 Å². The molecule has 142 heavy (non-hydrogen) atoms. The number of carboxylic acid groups (broad SMARTS) is 1. The summed E-state index contributed by atoms with van der Waals surface area (Å²) in [5, 5.41) is 67.8. The van der Waals surface area contributed by atoms with Crippen LogP contribution in [-0.2, 0) is 81.0 Å². The maximum Gasteiger partial charge on any atom is 0.305 e. The molecule has 8 aliphatic rings. The van der Waals surface area contributed by atoms with Gasteiger partial charge in [-0.15, -0.1) is 0 Å². The summed E-state index contributed by atoms with van der Waals surface area (Å²) in [6, 6.07) is 0. The van der Waals surface area contributed by atoms with Crippen molar-refractivity contribution in [1.29, 1.82) is 0 Å². The number of fused-ring (bicyclic) bond motifs is 4. The number of anilines is 4. The molecule has 2 aliphatic carbocycles. The van der Waals surface area contributed by atoms with Gasteiger partial charge in [-0.25, -0.2) is 39.9 Å². The first-order valence-electron chi connectivity index (χ1n) is 53.0. The van der Waals surface area contributed by atoms with E-state index in [0.29, 0.717) is 124 Å². The molecule has 10 heterocycles. The Balaban J connectivity index is 0.000000217. The summed E-state index contributed by atoms with van der Waals surface area (Å²) in [5.41, 5.74) is 2.74. The Morgan fingerprint density at radius 2 is 0.754 bits per heavy atom. The Kier molecular flexibility index (Phi) is 51.1. The number of hydrogen-bond donors (Lipinski definition) is 7. The molecule has 6 saturated heterocycles. The number of carbonyl (C=O) groups is 8. The Hall–Kier alpha value is -9.88. The molecule has 36 nitrogen and oxygen atoms in total. The van der Waals surface area contributed by atoms with Crippen molar-refractivity contribution in [1.82, 2.24) is 39.9 Å². The molecule has 36 heteroatoms. The zero-order chi connectivity index (χ0) is 102. The monoisotopic (exact) mass is 1990 g/mol. The van der Waals surface area contributed by atoms with Crippen LogP contribution in [0.15, 0.2) is 48.0 Å². The minimum atomic E-state index is -0.770. The summed E-state index contributed by atoms with van der Waals surface area (Å²) in [6.45, 7) is 22.4. The summed E-state index contributed by atoms with van der Waals surface area (Å²) in [7, 11) is 0. The molecule has 4 aromatic heterocycles. The second-order valence-electron chi connectivity index (χ2n) is 38.7. The fraction of sp³-hybridized carbons (Fsp3) is 0.736. The Bertz CT molecular complexity index is 4450. The number of hydrogen-bond acceptors (Lipinski definition) is 35. The lowest BCUT2D eigenvalue weighted by Gasteiger charge is -2.32. The predicted octanol–water partition coefficient (Wildman–Crippen LogP) is 14.9. The highest BCUT2D eigenvalue weighted by Gasteiger charge is 2.50. The second-order valence-corrected chi connectivity index (χ2v) is 38.7. The van der Waals surface area contributed by atoms with Gasteiger partial charge in [0, 0.05) is 206 Å². The molecule has 8 fully saturated rings. The van der Waals surface area contributed by atoms with E-state index in [0.717, 1.165) is 239 Å². The lowest BCUT2D eigenvalue weighted by molar-refractivity contribution is -0.148. The number of aliphatic carboxylic acids is 1. The number of allylic oxidation sites excluding steroid dienone is 4. The smallest absolute Gasteiger partial charge is 0.305 e. The second kappa shape index (κ2) is 62.7. The Morgan fingerprint density at radius 3 is 1.10 bits per heavy atom. The molecule has 10 atom stereocenters. The van der Waals surface area contributed by atoms with E-state index in [1.807, 2.05) is 24.3 Å². The van der Waals surface area contributed by atoms with Gasteiger partial charge in [-0.2, -0.15) is 0 Å². The SMILES string of the molecule is CC(=O)OCCC(CCOC(C)=O)c1nc(N2CCCCC2)c2nc(C(CCOC(C)=O)CCOC(C)=O)nc(N3CCCCC3)c2n1.CCCCCC(/C=C/C1C(OC(C)=O)CC2O/C(=C\CCCC(=O)OCC)CC21)OC(C)=O.CCCCCC(O)/C=C/C1C(O)CC2O/C(=C\CCCC(=O)O)CC21.OCCC(CCO)c1nc(N2CCCCC2)c2nc(C(CCO)CCO)nc(N3CCCCC3)c2n1. The molecule has 12 rings (SSSR count). The number of ether oxygens (including phenoxy) is 9. The maximum atomic E-state index is 11.7. The maximum absolute atomic E-state index is 11.7. The minimum absolute atomic E-state index is 0.00350. The van der Waals surface area contributed by atoms with Crippen LogP contribution in [0.3, 0.4) is 0 Å². The molecule has 10 unspecified atom stereocenters. The van der Waals surface area contributed by atoms with E-state index in [9.17, 15) is 69.0 Å². The van der Waals surface area contributed by atoms with Crippen LogP contribution in [0.2, 0.25) is 0 Å². The fourth-order valence-corrected chi connectivity index (χ4v) is 20.2. The summed E-state index contributed by atoms with van der Waals surface area (Å²) in [6.07, 6.45) is 41.6.